The molecule has 0 unspecified atom stereocenters. The Morgan fingerprint density at radius 3 is 2.15 bits per heavy atom. The molecule has 170 valence electrons. The summed E-state index contributed by atoms with van der Waals surface area (Å²) in [5.41, 5.74) is 9.59. The first kappa shape index (κ1) is 22.8. The standard InChI is InChI=1S/C29H32N2O2/c1-21-25(20-31-28(30)19-22-11-9-10-16-27(22)33-2)26(32)17-18-29(21,23-12-5-3-6-13-23)24-14-7-4-8-15-24/h3-16,21,25H,17-20H2,1-2H3,(H2,30,31)/t21-,25+/m0/s1. The summed E-state index contributed by atoms with van der Waals surface area (Å²) in [6.45, 7) is 2.61. The van der Waals surface area contributed by atoms with Gasteiger partial charge in [0.05, 0.1) is 19.5 Å². The van der Waals surface area contributed by atoms with Crippen LogP contribution in [0.25, 0.3) is 0 Å². The van der Waals surface area contributed by atoms with Crippen LogP contribution in [-0.4, -0.2) is 25.3 Å². The smallest absolute Gasteiger partial charge is 0.138 e. The van der Waals surface area contributed by atoms with Gasteiger partial charge < -0.3 is 10.5 Å². The predicted molar refractivity (Wildman–Crippen MR) is 134 cm³/mol. The highest BCUT2D eigenvalue weighted by Crippen LogP contribution is 2.49. The lowest BCUT2D eigenvalue weighted by Gasteiger charge is -2.47. The second-order valence-corrected chi connectivity index (χ2v) is 8.89. The van der Waals surface area contributed by atoms with E-state index in [2.05, 4.69) is 55.5 Å². The van der Waals surface area contributed by atoms with Gasteiger partial charge in [-0.25, -0.2) is 0 Å². The van der Waals surface area contributed by atoms with Crippen LogP contribution in [0.2, 0.25) is 0 Å². The number of rotatable bonds is 7. The Morgan fingerprint density at radius 2 is 1.55 bits per heavy atom. The van der Waals surface area contributed by atoms with Crippen LogP contribution >= 0.6 is 0 Å². The van der Waals surface area contributed by atoms with Crippen LogP contribution in [-0.2, 0) is 16.6 Å². The average Bonchev–Trinajstić information content (AvgIpc) is 2.86. The number of Topliss-reactive ketones (excluding diaryl/α,β-unsaturated/α-hetero) is 1. The quantitative estimate of drug-likeness (QED) is 0.406. The van der Waals surface area contributed by atoms with Gasteiger partial charge in [0.2, 0.25) is 0 Å². The maximum Gasteiger partial charge on any atom is 0.138 e. The Labute approximate surface area is 196 Å². The fourth-order valence-electron chi connectivity index (χ4n) is 5.38. The van der Waals surface area contributed by atoms with Crippen molar-refractivity contribution in [1.82, 2.24) is 0 Å². The molecular weight excluding hydrogens is 408 g/mol. The van der Waals surface area contributed by atoms with Crippen LogP contribution in [0.3, 0.4) is 0 Å². The number of aliphatic imine (C=N–C) groups is 1. The third-order valence-corrected chi connectivity index (χ3v) is 7.19. The van der Waals surface area contributed by atoms with Crippen molar-refractivity contribution >= 4 is 11.6 Å². The molecule has 0 spiro atoms. The van der Waals surface area contributed by atoms with Crippen LogP contribution in [0.15, 0.2) is 89.9 Å². The minimum atomic E-state index is -0.228. The zero-order chi connectivity index (χ0) is 23.3. The summed E-state index contributed by atoms with van der Waals surface area (Å²) in [7, 11) is 1.65. The van der Waals surface area contributed by atoms with Crippen LogP contribution in [0, 0.1) is 11.8 Å². The Kier molecular flexibility index (Phi) is 6.93. The normalized spacial score (nSPS) is 20.4. The molecule has 2 atom stereocenters. The van der Waals surface area contributed by atoms with Gasteiger partial charge in [-0.3, -0.25) is 9.79 Å². The van der Waals surface area contributed by atoms with Crippen molar-refractivity contribution in [3.8, 4) is 5.75 Å². The van der Waals surface area contributed by atoms with Gasteiger partial charge in [0.1, 0.15) is 11.5 Å². The molecule has 3 aromatic carbocycles. The molecule has 0 radical (unpaired) electrons. The van der Waals surface area contributed by atoms with E-state index in [0.29, 0.717) is 25.2 Å². The molecule has 1 saturated carbocycles. The minimum absolute atomic E-state index is 0.0892. The number of amidine groups is 1. The summed E-state index contributed by atoms with van der Waals surface area (Å²) in [6.07, 6.45) is 1.85. The highest BCUT2D eigenvalue weighted by atomic mass is 16.5. The van der Waals surface area contributed by atoms with Crippen LogP contribution in [0.1, 0.15) is 36.5 Å². The van der Waals surface area contributed by atoms with Crippen LogP contribution in [0.5, 0.6) is 5.75 Å². The van der Waals surface area contributed by atoms with E-state index in [4.69, 9.17) is 15.5 Å². The monoisotopic (exact) mass is 440 g/mol. The maximum absolute atomic E-state index is 13.1. The second kappa shape index (κ2) is 10.0. The van der Waals surface area contributed by atoms with Crippen LogP contribution < -0.4 is 10.5 Å². The summed E-state index contributed by atoms with van der Waals surface area (Å²) in [4.78, 5) is 17.8. The summed E-state index contributed by atoms with van der Waals surface area (Å²) in [5, 5.41) is 0. The number of methoxy groups -OCH3 is 1. The lowest BCUT2D eigenvalue weighted by molar-refractivity contribution is -0.127. The molecule has 33 heavy (non-hydrogen) atoms. The van der Waals surface area contributed by atoms with Crippen molar-refractivity contribution in [2.24, 2.45) is 22.6 Å². The van der Waals surface area contributed by atoms with Crippen molar-refractivity contribution in [2.45, 2.75) is 31.6 Å². The number of hydrogen-bond acceptors (Lipinski definition) is 3. The topological polar surface area (TPSA) is 64.7 Å². The fraction of sp³-hybridized carbons (Fsp3) is 0.310. The molecular formula is C29H32N2O2. The molecule has 0 bridgehead atoms. The zero-order valence-corrected chi connectivity index (χ0v) is 19.4. The molecule has 0 heterocycles. The molecule has 3 aromatic rings. The molecule has 2 N–H and O–H groups in total. The Hall–Kier alpha value is -3.40. The van der Waals surface area contributed by atoms with Crippen molar-refractivity contribution in [2.75, 3.05) is 13.7 Å². The lowest BCUT2D eigenvalue weighted by Crippen LogP contribution is -2.47. The first-order valence-electron chi connectivity index (χ1n) is 11.6. The third kappa shape index (κ3) is 4.56. The molecule has 1 fully saturated rings. The van der Waals surface area contributed by atoms with Gasteiger partial charge in [-0.1, -0.05) is 85.8 Å². The van der Waals surface area contributed by atoms with Gasteiger partial charge in [-0.05, 0) is 29.5 Å². The number of nitrogens with two attached hydrogens (primary N) is 1. The second-order valence-electron chi connectivity index (χ2n) is 8.89. The van der Waals surface area contributed by atoms with Gasteiger partial charge in [-0.15, -0.1) is 0 Å². The van der Waals surface area contributed by atoms with Crippen LogP contribution in [0.4, 0.5) is 0 Å². The van der Waals surface area contributed by atoms with E-state index in [0.717, 1.165) is 17.7 Å². The summed E-state index contributed by atoms with van der Waals surface area (Å²) in [5.74, 6) is 1.50. The van der Waals surface area contributed by atoms with Gasteiger partial charge in [0.15, 0.2) is 0 Å². The van der Waals surface area contributed by atoms with Crippen molar-refractivity contribution in [1.29, 1.82) is 0 Å². The summed E-state index contributed by atoms with van der Waals surface area (Å²) < 4.78 is 5.44. The van der Waals surface area contributed by atoms with E-state index in [-0.39, 0.29) is 23.0 Å². The molecule has 4 heteroatoms. The summed E-state index contributed by atoms with van der Waals surface area (Å²) >= 11 is 0. The molecule has 0 aromatic heterocycles. The highest BCUT2D eigenvalue weighted by Gasteiger charge is 2.48. The number of nitrogens with zero attached hydrogens (tertiary/aromatic N) is 1. The lowest BCUT2D eigenvalue weighted by atomic mass is 9.56. The van der Waals surface area contributed by atoms with E-state index < -0.39 is 0 Å². The minimum Gasteiger partial charge on any atom is -0.496 e. The SMILES string of the molecule is COc1ccccc1CC(N)=NC[C@H]1C(=O)CCC(c2ccccc2)(c2ccccc2)[C@H]1C. The van der Waals surface area contributed by atoms with E-state index in [9.17, 15) is 4.79 Å². The number of ether oxygens (including phenoxy) is 1. The number of hydrogen-bond donors (Lipinski definition) is 1. The van der Waals surface area contributed by atoms with E-state index in [1.807, 2.05) is 36.4 Å². The molecule has 0 saturated heterocycles. The molecule has 0 amide bonds. The summed E-state index contributed by atoms with van der Waals surface area (Å²) in [6, 6.07) is 29.0. The fourth-order valence-corrected chi connectivity index (χ4v) is 5.38. The predicted octanol–water partition coefficient (Wildman–Crippen LogP) is 5.20. The number of para-hydroxylation sites is 1. The Balaban J connectivity index is 1.63. The molecule has 1 aliphatic carbocycles. The van der Waals surface area contributed by atoms with Gasteiger partial charge in [0, 0.05) is 29.7 Å². The van der Waals surface area contributed by atoms with E-state index in [1.165, 1.54) is 11.1 Å². The molecule has 1 aliphatic rings. The first-order chi connectivity index (χ1) is 16.1. The van der Waals surface area contributed by atoms with E-state index >= 15 is 0 Å². The average molecular weight is 441 g/mol. The van der Waals surface area contributed by atoms with Gasteiger partial charge >= 0.3 is 0 Å². The van der Waals surface area contributed by atoms with Gasteiger partial charge in [0.25, 0.3) is 0 Å². The maximum atomic E-state index is 13.1. The molecule has 0 aliphatic heterocycles. The van der Waals surface area contributed by atoms with E-state index in [1.54, 1.807) is 7.11 Å². The Morgan fingerprint density at radius 1 is 0.970 bits per heavy atom. The van der Waals surface area contributed by atoms with Crippen molar-refractivity contribution < 1.29 is 9.53 Å². The van der Waals surface area contributed by atoms with Crippen molar-refractivity contribution in [3.05, 3.63) is 102 Å². The zero-order valence-electron chi connectivity index (χ0n) is 19.4. The third-order valence-electron chi connectivity index (χ3n) is 7.19. The number of carbonyl (C=O) groups excluding carboxylic acids is 1. The number of ketones is 1. The van der Waals surface area contributed by atoms with Crippen molar-refractivity contribution in [3.63, 3.8) is 0 Å². The highest BCUT2D eigenvalue weighted by molar-refractivity contribution is 5.86. The van der Waals surface area contributed by atoms with Gasteiger partial charge in [-0.2, -0.15) is 0 Å². The Bertz CT molecular complexity index is 1070. The molecule has 4 nitrogen and oxygen atoms in total. The number of benzene rings is 3. The first-order valence-corrected chi connectivity index (χ1v) is 11.6. The molecule has 4 rings (SSSR count). The largest absolute Gasteiger partial charge is 0.496 e. The number of carbonyl (C=O) groups is 1.